The molecule has 0 bridgehead atoms. The van der Waals surface area contributed by atoms with E-state index < -0.39 is 5.91 Å². The molecule has 3 rings (SSSR count). The van der Waals surface area contributed by atoms with Crippen molar-refractivity contribution in [2.45, 2.75) is 40.0 Å². The second-order valence-corrected chi connectivity index (χ2v) is 6.95. The Kier molecular flexibility index (Phi) is 5.73. The van der Waals surface area contributed by atoms with E-state index in [9.17, 15) is 9.59 Å². The van der Waals surface area contributed by atoms with Crippen molar-refractivity contribution in [2.24, 2.45) is 5.73 Å². The van der Waals surface area contributed by atoms with Gasteiger partial charge in [0.05, 0.1) is 6.20 Å². The average Bonchev–Trinajstić information content (AvgIpc) is 3.07. The van der Waals surface area contributed by atoms with Crippen LogP contribution >= 0.6 is 0 Å². The maximum atomic E-state index is 12.3. The molecule has 146 valence electrons. The van der Waals surface area contributed by atoms with Crippen LogP contribution < -0.4 is 11.1 Å². The van der Waals surface area contributed by atoms with Crippen molar-refractivity contribution in [3.05, 3.63) is 64.1 Å². The van der Waals surface area contributed by atoms with E-state index in [-0.39, 0.29) is 5.91 Å². The number of primary amides is 1. The van der Waals surface area contributed by atoms with E-state index in [0.29, 0.717) is 30.6 Å². The van der Waals surface area contributed by atoms with Gasteiger partial charge in [0.1, 0.15) is 5.56 Å². The summed E-state index contributed by atoms with van der Waals surface area (Å²) in [4.78, 5) is 28.2. The molecule has 0 saturated carbocycles. The van der Waals surface area contributed by atoms with Crippen molar-refractivity contribution in [3.8, 4) is 0 Å². The zero-order valence-electron chi connectivity index (χ0n) is 16.5. The lowest BCUT2D eigenvalue weighted by Gasteiger charge is -2.12. The second kappa shape index (κ2) is 8.21. The van der Waals surface area contributed by atoms with Gasteiger partial charge in [-0.05, 0) is 50.3 Å². The number of nitrogens with zero attached hydrogens (tertiary/aromatic N) is 3. The van der Waals surface area contributed by atoms with Crippen LogP contribution in [0.3, 0.4) is 0 Å². The predicted molar refractivity (Wildman–Crippen MR) is 107 cm³/mol. The number of hydrogen-bond acceptors (Lipinski definition) is 4. The summed E-state index contributed by atoms with van der Waals surface area (Å²) in [6.45, 7) is 6.46. The number of rotatable bonds is 7. The van der Waals surface area contributed by atoms with Gasteiger partial charge in [-0.1, -0.05) is 24.3 Å². The highest BCUT2D eigenvalue weighted by molar-refractivity contribution is 5.98. The molecule has 2 heterocycles. The molecule has 0 spiro atoms. The van der Waals surface area contributed by atoms with E-state index in [0.717, 1.165) is 23.4 Å². The first kappa shape index (κ1) is 19.5. The molecule has 1 aromatic carbocycles. The van der Waals surface area contributed by atoms with Gasteiger partial charge in [-0.3, -0.25) is 9.59 Å². The Balaban J connectivity index is 1.62. The molecule has 0 fully saturated rings. The predicted octanol–water partition coefficient (Wildman–Crippen LogP) is 2.04. The number of fused-ring (bicyclic) bond motifs is 1. The van der Waals surface area contributed by atoms with Gasteiger partial charge in [-0.15, -0.1) is 0 Å². The molecule has 0 saturated heterocycles. The number of nitrogens with two attached hydrogens (primary N) is 1. The standard InChI is InChI=1S/C21H25N5O2/c1-13-6-4-5-7-16(13)10-11-23-19(27)9-8-17-14(2)25-21-18(20(22)28)12-24-26(21)15(17)3/h4-7,12H,8-11H2,1-3H3,(H2,22,28)(H,23,27). The monoisotopic (exact) mass is 379 g/mol. The Labute approximate surface area is 164 Å². The van der Waals surface area contributed by atoms with E-state index in [1.165, 1.54) is 17.3 Å². The molecule has 3 aromatic rings. The van der Waals surface area contributed by atoms with Crippen LogP contribution in [0.25, 0.3) is 5.65 Å². The maximum Gasteiger partial charge on any atom is 0.254 e. The van der Waals surface area contributed by atoms with Gasteiger partial charge in [-0.2, -0.15) is 5.10 Å². The summed E-state index contributed by atoms with van der Waals surface area (Å²) in [7, 11) is 0. The minimum atomic E-state index is -0.554. The molecule has 7 nitrogen and oxygen atoms in total. The van der Waals surface area contributed by atoms with Crippen LogP contribution in [0, 0.1) is 20.8 Å². The number of carbonyl (C=O) groups excluding carboxylic acids is 2. The minimum absolute atomic E-state index is 0.00534. The lowest BCUT2D eigenvalue weighted by atomic mass is 10.1. The first-order valence-corrected chi connectivity index (χ1v) is 9.33. The molecule has 28 heavy (non-hydrogen) atoms. The highest BCUT2D eigenvalue weighted by atomic mass is 16.1. The van der Waals surface area contributed by atoms with Crippen LogP contribution in [0.2, 0.25) is 0 Å². The van der Waals surface area contributed by atoms with Gasteiger partial charge >= 0.3 is 0 Å². The number of carbonyl (C=O) groups is 2. The van der Waals surface area contributed by atoms with E-state index in [2.05, 4.69) is 34.5 Å². The van der Waals surface area contributed by atoms with Gasteiger partial charge in [0.2, 0.25) is 5.91 Å². The fraction of sp³-hybridized carbons (Fsp3) is 0.333. The molecule has 7 heteroatoms. The number of amides is 2. The lowest BCUT2D eigenvalue weighted by Crippen LogP contribution is -2.26. The number of hydrogen-bond donors (Lipinski definition) is 2. The van der Waals surface area contributed by atoms with Gasteiger partial charge in [0.25, 0.3) is 5.91 Å². The number of aryl methyl sites for hydroxylation is 3. The van der Waals surface area contributed by atoms with Crippen LogP contribution in [0.15, 0.2) is 30.5 Å². The minimum Gasteiger partial charge on any atom is -0.365 e. The highest BCUT2D eigenvalue weighted by Crippen LogP contribution is 2.18. The summed E-state index contributed by atoms with van der Waals surface area (Å²) in [5.41, 5.74) is 11.2. The molecule has 0 unspecified atom stereocenters. The first-order chi connectivity index (χ1) is 13.4. The summed E-state index contributed by atoms with van der Waals surface area (Å²) in [6, 6.07) is 8.18. The Morgan fingerprint density at radius 1 is 1.14 bits per heavy atom. The van der Waals surface area contributed by atoms with Gasteiger partial charge < -0.3 is 11.1 Å². The lowest BCUT2D eigenvalue weighted by molar-refractivity contribution is -0.121. The molecule has 0 aliphatic heterocycles. The molecule has 0 aliphatic rings. The third kappa shape index (κ3) is 4.03. The van der Waals surface area contributed by atoms with Gasteiger partial charge in [-0.25, -0.2) is 9.50 Å². The van der Waals surface area contributed by atoms with Crippen molar-refractivity contribution in [2.75, 3.05) is 6.54 Å². The Bertz CT molecular complexity index is 1040. The van der Waals surface area contributed by atoms with Crippen molar-refractivity contribution in [1.82, 2.24) is 19.9 Å². The Hall–Kier alpha value is -3.22. The van der Waals surface area contributed by atoms with Crippen molar-refractivity contribution >= 4 is 17.5 Å². The van der Waals surface area contributed by atoms with Gasteiger partial charge in [0.15, 0.2) is 5.65 Å². The van der Waals surface area contributed by atoms with E-state index in [1.807, 2.05) is 26.0 Å². The van der Waals surface area contributed by atoms with Crippen LogP contribution in [-0.2, 0) is 17.6 Å². The van der Waals surface area contributed by atoms with Crippen LogP contribution in [0.5, 0.6) is 0 Å². The Morgan fingerprint density at radius 2 is 1.89 bits per heavy atom. The molecular formula is C21H25N5O2. The number of nitrogens with one attached hydrogen (secondary N) is 1. The summed E-state index contributed by atoms with van der Waals surface area (Å²) in [6.07, 6.45) is 3.17. The third-order valence-corrected chi connectivity index (χ3v) is 5.05. The maximum absolute atomic E-state index is 12.3. The third-order valence-electron chi connectivity index (χ3n) is 5.05. The fourth-order valence-corrected chi connectivity index (χ4v) is 3.40. The zero-order valence-corrected chi connectivity index (χ0v) is 16.5. The average molecular weight is 379 g/mol. The number of aromatic nitrogens is 3. The van der Waals surface area contributed by atoms with Crippen LogP contribution in [0.4, 0.5) is 0 Å². The molecule has 2 aromatic heterocycles. The molecule has 2 amide bonds. The summed E-state index contributed by atoms with van der Waals surface area (Å²) in [5, 5.41) is 7.19. The SMILES string of the molecule is Cc1ccccc1CCNC(=O)CCc1c(C)nc2c(C(N)=O)cnn2c1C. The smallest absolute Gasteiger partial charge is 0.254 e. The van der Waals surface area contributed by atoms with Crippen LogP contribution in [-0.4, -0.2) is 33.0 Å². The quantitative estimate of drug-likeness (QED) is 0.656. The van der Waals surface area contributed by atoms with Crippen LogP contribution in [0.1, 0.15) is 44.9 Å². The van der Waals surface area contributed by atoms with Crippen molar-refractivity contribution in [3.63, 3.8) is 0 Å². The largest absolute Gasteiger partial charge is 0.365 e. The van der Waals surface area contributed by atoms with E-state index in [4.69, 9.17) is 5.73 Å². The highest BCUT2D eigenvalue weighted by Gasteiger charge is 2.17. The van der Waals surface area contributed by atoms with Crippen molar-refractivity contribution in [1.29, 1.82) is 0 Å². The first-order valence-electron chi connectivity index (χ1n) is 9.33. The zero-order chi connectivity index (χ0) is 20.3. The van der Waals surface area contributed by atoms with E-state index in [1.54, 1.807) is 4.52 Å². The topological polar surface area (TPSA) is 102 Å². The molecule has 0 atom stereocenters. The molecule has 3 N–H and O–H groups in total. The van der Waals surface area contributed by atoms with E-state index >= 15 is 0 Å². The second-order valence-electron chi connectivity index (χ2n) is 6.95. The summed E-state index contributed by atoms with van der Waals surface area (Å²) in [5.74, 6) is -0.548. The van der Waals surface area contributed by atoms with Crippen molar-refractivity contribution < 1.29 is 9.59 Å². The summed E-state index contributed by atoms with van der Waals surface area (Å²) < 4.78 is 1.61. The number of benzene rings is 1. The normalized spacial score (nSPS) is 11.0. The Morgan fingerprint density at radius 3 is 2.61 bits per heavy atom. The molecule has 0 aliphatic carbocycles. The van der Waals surface area contributed by atoms with Gasteiger partial charge in [0, 0.05) is 24.4 Å². The molecule has 0 radical (unpaired) electrons. The fourth-order valence-electron chi connectivity index (χ4n) is 3.40. The summed E-state index contributed by atoms with van der Waals surface area (Å²) >= 11 is 0. The molecular weight excluding hydrogens is 354 g/mol.